The second kappa shape index (κ2) is 7.00. The number of hydrogen-bond donors (Lipinski definition) is 0. The third-order valence-corrected chi connectivity index (χ3v) is 6.17. The Balaban J connectivity index is 2.18. The highest BCUT2D eigenvalue weighted by molar-refractivity contribution is 7.90. The first-order chi connectivity index (χ1) is 12.4. The molecule has 0 bridgehead atoms. The van der Waals surface area contributed by atoms with Gasteiger partial charge in [-0.1, -0.05) is 11.3 Å². The molecule has 0 amide bonds. The van der Waals surface area contributed by atoms with E-state index in [1.54, 1.807) is 22.8 Å². The molecule has 0 atom stereocenters. The van der Waals surface area contributed by atoms with Crippen LogP contribution in [-0.2, 0) is 21.3 Å². The summed E-state index contributed by atoms with van der Waals surface area (Å²) < 4.78 is 49.1. The van der Waals surface area contributed by atoms with E-state index >= 15 is 0 Å². The number of carbonyl (C=O) groups excluding carboxylic acids is 1. The molecule has 0 saturated carbocycles. The van der Waals surface area contributed by atoms with E-state index in [1.165, 1.54) is 19.2 Å². The van der Waals surface area contributed by atoms with Crippen molar-refractivity contribution in [3.63, 3.8) is 0 Å². The number of sulfonamides is 1. The summed E-state index contributed by atoms with van der Waals surface area (Å²) in [7, 11) is -2.69. The van der Waals surface area contributed by atoms with Gasteiger partial charge in [-0.15, -0.1) is 4.40 Å². The molecule has 1 aromatic heterocycles. The lowest BCUT2D eigenvalue weighted by atomic mass is 10.2. The number of halogens is 1. The first-order valence-electron chi connectivity index (χ1n) is 7.64. The van der Waals surface area contributed by atoms with Crippen LogP contribution in [0.1, 0.15) is 17.3 Å². The van der Waals surface area contributed by atoms with Crippen molar-refractivity contribution in [2.45, 2.75) is 18.4 Å². The number of aryl methyl sites for hydroxylation is 1. The average Bonchev–Trinajstić information content (AvgIpc) is 2.96. The van der Waals surface area contributed by atoms with Crippen molar-refractivity contribution in [2.24, 2.45) is 4.40 Å². The Morgan fingerprint density at radius 1 is 1.23 bits per heavy atom. The van der Waals surface area contributed by atoms with Crippen molar-refractivity contribution in [3.05, 3.63) is 58.6 Å². The Morgan fingerprint density at radius 3 is 2.54 bits per heavy atom. The Kier molecular flexibility index (Phi) is 4.92. The summed E-state index contributed by atoms with van der Waals surface area (Å²) >= 11 is 1.15. The fourth-order valence-corrected chi connectivity index (χ4v) is 4.79. The van der Waals surface area contributed by atoms with Gasteiger partial charge < -0.3 is 9.30 Å². The highest BCUT2D eigenvalue weighted by atomic mass is 32.2. The highest BCUT2D eigenvalue weighted by Crippen LogP contribution is 2.21. The van der Waals surface area contributed by atoms with Gasteiger partial charge in [0.25, 0.3) is 10.0 Å². The molecule has 0 fully saturated rings. The number of fused-ring (bicyclic) bond motifs is 1. The Hall–Kier alpha value is -2.52. The number of benzene rings is 2. The lowest BCUT2D eigenvalue weighted by Crippen LogP contribution is -2.16. The van der Waals surface area contributed by atoms with E-state index in [4.69, 9.17) is 4.74 Å². The number of thiazole rings is 1. The van der Waals surface area contributed by atoms with Crippen LogP contribution in [-0.4, -0.2) is 26.1 Å². The van der Waals surface area contributed by atoms with Crippen molar-refractivity contribution in [2.75, 3.05) is 7.11 Å². The van der Waals surface area contributed by atoms with Gasteiger partial charge >= 0.3 is 5.97 Å². The number of aromatic nitrogens is 1. The van der Waals surface area contributed by atoms with Crippen molar-refractivity contribution in [1.82, 2.24) is 4.57 Å². The van der Waals surface area contributed by atoms with Crippen LogP contribution in [0.25, 0.3) is 10.2 Å². The van der Waals surface area contributed by atoms with Crippen molar-refractivity contribution in [3.8, 4) is 0 Å². The Labute approximate surface area is 153 Å². The van der Waals surface area contributed by atoms with Crippen molar-refractivity contribution < 1.29 is 22.3 Å². The molecule has 0 radical (unpaired) electrons. The maximum absolute atomic E-state index is 13.0. The van der Waals surface area contributed by atoms with Crippen LogP contribution in [0, 0.1) is 5.82 Å². The van der Waals surface area contributed by atoms with E-state index in [-0.39, 0.29) is 9.70 Å². The van der Waals surface area contributed by atoms with Crippen LogP contribution in [0.3, 0.4) is 0 Å². The fourth-order valence-electron chi connectivity index (χ4n) is 2.46. The zero-order valence-electron chi connectivity index (χ0n) is 14.0. The van der Waals surface area contributed by atoms with Crippen molar-refractivity contribution >= 4 is 37.5 Å². The van der Waals surface area contributed by atoms with Gasteiger partial charge in [0.1, 0.15) is 5.82 Å². The molecular weight excluding hydrogens is 379 g/mol. The number of carbonyl (C=O) groups is 1. The largest absolute Gasteiger partial charge is 0.465 e. The predicted molar refractivity (Wildman–Crippen MR) is 96.0 cm³/mol. The molecule has 9 heteroatoms. The summed E-state index contributed by atoms with van der Waals surface area (Å²) in [6.45, 7) is 2.36. The minimum Gasteiger partial charge on any atom is -0.465 e. The zero-order valence-corrected chi connectivity index (χ0v) is 15.6. The van der Waals surface area contributed by atoms with Gasteiger partial charge in [0.05, 0.1) is 27.8 Å². The molecule has 0 aliphatic heterocycles. The van der Waals surface area contributed by atoms with E-state index < -0.39 is 21.8 Å². The molecule has 3 rings (SSSR count). The maximum Gasteiger partial charge on any atom is 0.337 e. The van der Waals surface area contributed by atoms with E-state index in [1.807, 2.05) is 6.92 Å². The Bertz CT molecular complexity index is 1150. The first kappa shape index (κ1) is 18.3. The normalized spacial score (nSPS) is 12.5. The summed E-state index contributed by atoms with van der Waals surface area (Å²) in [4.78, 5) is 11.9. The van der Waals surface area contributed by atoms with Gasteiger partial charge in [0, 0.05) is 6.54 Å². The van der Waals surface area contributed by atoms with E-state index in [9.17, 15) is 17.6 Å². The number of nitrogens with zero attached hydrogens (tertiary/aromatic N) is 2. The zero-order chi connectivity index (χ0) is 18.9. The van der Waals surface area contributed by atoms with Crippen LogP contribution >= 0.6 is 11.3 Å². The standard InChI is InChI=1S/C17H15FN2O4S2/c1-3-20-14-9-4-11(16(21)24-2)10-15(14)25-17(20)19-26(22,23)13-7-5-12(18)6-8-13/h4-10H,3H2,1-2H3/b19-17-. The van der Waals surface area contributed by atoms with Gasteiger partial charge in [-0.3, -0.25) is 0 Å². The lowest BCUT2D eigenvalue weighted by Gasteiger charge is -2.02. The number of rotatable bonds is 4. The lowest BCUT2D eigenvalue weighted by molar-refractivity contribution is 0.0601. The van der Waals surface area contributed by atoms with E-state index in [2.05, 4.69) is 4.40 Å². The molecule has 2 aromatic carbocycles. The number of hydrogen-bond acceptors (Lipinski definition) is 5. The maximum atomic E-state index is 13.0. The highest BCUT2D eigenvalue weighted by Gasteiger charge is 2.15. The smallest absolute Gasteiger partial charge is 0.337 e. The molecule has 26 heavy (non-hydrogen) atoms. The van der Waals surface area contributed by atoms with Crippen LogP contribution < -0.4 is 4.80 Å². The summed E-state index contributed by atoms with van der Waals surface area (Å²) in [6.07, 6.45) is 0. The molecule has 0 saturated heterocycles. The van der Waals surface area contributed by atoms with Gasteiger partial charge in [-0.2, -0.15) is 8.42 Å². The average molecular weight is 394 g/mol. The first-order valence-corrected chi connectivity index (χ1v) is 9.89. The van der Waals surface area contributed by atoms with Gasteiger partial charge in [-0.05, 0) is 49.4 Å². The van der Waals surface area contributed by atoms with Crippen LogP contribution in [0.4, 0.5) is 4.39 Å². The molecule has 6 nitrogen and oxygen atoms in total. The molecule has 136 valence electrons. The van der Waals surface area contributed by atoms with Gasteiger partial charge in [0.15, 0.2) is 0 Å². The second-order valence-corrected chi connectivity index (χ2v) is 7.94. The second-order valence-electron chi connectivity index (χ2n) is 5.32. The fraction of sp³-hybridized carbons (Fsp3) is 0.176. The number of esters is 1. The Morgan fingerprint density at radius 2 is 1.92 bits per heavy atom. The van der Waals surface area contributed by atoms with E-state index in [0.717, 1.165) is 29.0 Å². The van der Waals surface area contributed by atoms with Crippen LogP contribution in [0.2, 0.25) is 0 Å². The predicted octanol–water partition coefficient (Wildman–Crippen LogP) is 2.94. The van der Waals surface area contributed by atoms with Crippen molar-refractivity contribution in [1.29, 1.82) is 0 Å². The summed E-state index contributed by atoms with van der Waals surface area (Å²) in [5, 5.41) is 0. The SMILES string of the molecule is CCn1/c(=N/S(=O)(=O)c2ccc(F)cc2)sc2cc(C(=O)OC)ccc21. The number of ether oxygens (including phenoxy) is 1. The minimum atomic E-state index is -3.99. The summed E-state index contributed by atoms with van der Waals surface area (Å²) in [5.41, 5.74) is 1.13. The topological polar surface area (TPSA) is 77.7 Å². The minimum absolute atomic E-state index is 0.0886. The van der Waals surface area contributed by atoms with E-state index in [0.29, 0.717) is 16.8 Å². The third kappa shape index (κ3) is 3.40. The quantitative estimate of drug-likeness (QED) is 0.638. The van der Waals surface area contributed by atoms with Crippen LogP contribution in [0.5, 0.6) is 0 Å². The summed E-state index contributed by atoms with van der Waals surface area (Å²) in [6, 6.07) is 9.48. The molecule has 3 aromatic rings. The number of methoxy groups -OCH3 is 1. The van der Waals surface area contributed by atoms with Gasteiger partial charge in [-0.25, -0.2) is 9.18 Å². The molecule has 1 heterocycles. The van der Waals surface area contributed by atoms with Gasteiger partial charge in [0.2, 0.25) is 4.80 Å². The third-order valence-electron chi connectivity index (χ3n) is 3.73. The molecule has 0 aliphatic carbocycles. The van der Waals surface area contributed by atoms with Crippen LogP contribution in [0.15, 0.2) is 51.8 Å². The molecule has 0 aliphatic rings. The molecule has 0 spiro atoms. The summed E-state index contributed by atoms with van der Waals surface area (Å²) in [5.74, 6) is -0.995. The molecule has 0 N–H and O–H groups in total. The monoisotopic (exact) mass is 394 g/mol. The molecule has 0 unspecified atom stereocenters. The molecular formula is C17H15FN2O4S2.